The Bertz CT molecular complexity index is 442. The topological polar surface area (TPSA) is 41.6 Å². The minimum absolute atomic E-state index is 0.0577. The molecule has 1 aromatic rings. The van der Waals surface area contributed by atoms with Crippen LogP contribution in [0.1, 0.15) is 18.4 Å². The van der Waals surface area contributed by atoms with E-state index in [1.165, 1.54) is 0 Å². The minimum atomic E-state index is -0.0577. The minimum Gasteiger partial charge on any atom is -0.497 e. The third-order valence-electron chi connectivity index (χ3n) is 2.85. The third kappa shape index (κ3) is 6.95. The second-order valence-electron chi connectivity index (χ2n) is 4.91. The van der Waals surface area contributed by atoms with Crippen LogP contribution in [0, 0.1) is 0 Å². The number of nitrogens with one attached hydrogen (secondary N) is 1. The summed E-state index contributed by atoms with van der Waals surface area (Å²) in [4.78, 5) is 13.8. The Labute approximate surface area is 121 Å². The summed E-state index contributed by atoms with van der Waals surface area (Å²) >= 11 is 0. The molecule has 0 aliphatic rings. The fourth-order valence-corrected chi connectivity index (χ4v) is 1.74. The number of methoxy groups -OCH3 is 1. The Morgan fingerprint density at radius 2 is 2.15 bits per heavy atom. The molecule has 1 N–H and O–H groups in total. The standard InChI is InChI=1S/C16H24N2O2/c1-18(2)12-5-4-11-17-16(19)10-9-14-7-6-8-15(13-14)20-3/h6-10,13H,4-5,11-12H2,1-3H3,(H,17,19)/b10-9+. The summed E-state index contributed by atoms with van der Waals surface area (Å²) in [6.07, 6.45) is 5.43. The first-order valence-corrected chi connectivity index (χ1v) is 6.86. The number of unbranched alkanes of at least 4 members (excludes halogenated alkanes) is 1. The van der Waals surface area contributed by atoms with Gasteiger partial charge < -0.3 is 15.0 Å². The molecular weight excluding hydrogens is 252 g/mol. The quantitative estimate of drug-likeness (QED) is 0.584. The summed E-state index contributed by atoms with van der Waals surface area (Å²) in [5, 5.41) is 2.88. The highest BCUT2D eigenvalue weighted by atomic mass is 16.5. The Morgan fingerprint density at radius 3 is 2.85 bits per heavy atom. The molecule has 4 heteroatoms. The molecule has 0 atom stereocenters. The lowest BCUT2D eigenvalue weighted by molar-refractivity contribution is -0.116. The van der Waals surface area contributed by atoms with Crippen molar-refractivity contribution in [3.05, 3.63) is 35.9 Å². The monoisotopic (exact) mass is 276 g/mol. The van der Waals surface area contributed by atoms with E-state index < -0.39 is 0 Å². The van der Waals surface area contributed by atoms with Crippen LogP contribution in [0.5, 0.6) is 5.75 Å². The molecule has 20 heavy (non-hydrogen) atoms. The van der Waals surface area contributed by atoms with E-state index in [1.54, 1.807) is 19.3 Å². The Balaban J connectivity index is 2.29. The zero-order chi connectivity index (χ0) is 14.8. The van der Waals surface area contributed by atoms with Gasteiger partial charge >= 0.3 is 0 Å². The Morgan fingerprint density at radius 1 is 1.35 bits per heavy atom. The van der Waals surface area contributed by atoms with Gasteiger partial charge in [0.2, 0.25) is 5.91 Å². The molecule has 0 aliphatic heterocycles. The van der Waals surface area contributed by atoms with Crippen LogP contribution in [0.2, 0.25) is 0 Å². The summed E-state index contributed by atoms with van der Waals surface area (Å²) in [5.41, 5.74) is 0.951. The smallest absolute Gasteiger partial charge is 0.243 e. The van der Waals surface area contributed by atoms with Crippen LogP contribution in [0.4, 0.5) is 0 Å². The van der Waals surface area contributed by atoms with Gasteiger partial charge in [-0.1, -0.05) is 12.1 Å². The van der Waals surface area contributed by atoms with E-state index in [0.717, 1.165) is 37.2 Å². The van der Waals surface area contributed by atoms with Gasteiger partial charge in [0.25, 0.3) is 0 Å². The average Bonchev–Trinajstić information content (AvgIpc) is 2.44. The summed E-state index contributed by atoms with van der Waals surface area (Å²) in [6, 6.07) is 7.60. The van der Waals surface area contributed by atoms with Gasteiger partial charge in [-0.2, -0.15) is 0 Å². The highest BCUT2D eigenvalue weighted by Gasteiger charge is 1.96. The van der Waals surface area contributed by atoms with Gasteiger partial charge in [-0.15, -0.1) is 0 Å². The highest BCUT2D eigenvalue weighted by Crippen LogP contribution is 2.13. The van der Waals surface area contributed by atoms with Crippen molar-refractivity contribution < 1.29 is 9.53 Å². The largest absolute Gasteiger partial charge is 0.497 e. The van der Waals surface area contributed by atoms with Crippen LogP contribution in [0.15, 0.2) is 30.3 Å². The van der Waals surface area contributed by atoms with Crippen molar-refractivity contribution in [1.29, 1.82) is 0 Å². The van der Waals surface area contributed by atoms with E-state index in [0.29, 0.717) is 0 Å². The number of carbonyl (C=O) groups is 1. The number of benzene rings is 1. The lowest BCUT2D eigenvalue weighted by Gasteiger charge is -2.08. The van der Waals surface area contributed by atoms with Gasteiger partial charge in [0, 0.05) is 12.6 Å². The molecule has 0 aliphatic carbocycles. The predicted molar refractivity (Wildman–Crippen MR) is 82.8 cm³/mol. The summed E-state index contributed by atoms with van der Waals surface area (Å²) in [5.74, 6) is 0.730. The molecule has 110 valence electrons. The molecule has 0 saturated heterocycles. The molecule has 0 heterocycles. The molecule has 0 unspecified atom stereocenters. The van der Waals surface area contributed by atoms with Crippen molar-refractivity contribution >= 4 is 12.0 Å². The molecule has 4 nitrogen and oxygen atoms in total. The maximum absolute atomic E-state index is 11.6. The van der Waals surface area contributed by atoms with E-state index >= 15 is 0 Å². The third-order valence-corrected chi connectivity index (χ3v) is 2.85. The molecule has 0 fully saturated rings. The first-order chi connectivity index (χ1) is 9.61. The zero-order valence-electron chi connectivity index (χ0n) is 12.6. The number of hydrogen-bond donors (Lipinski definition) is 1. The normalized spacial score (nSPS) is 11.0. The number of nitrogens with zero attached hydrogens (tertiary/aromatic N) is 1. The van der Waals surface area contributed by atoms with Crippen molar-refractivity contribution in [1.82, 2.24) is 10.2 Å². The van der Waals surface area contributed by atoms with Crippen LogP contribution in [-0.2, 0) is 4.79 Å². The maximum atomic E-state index is 11.6. The van der Waals surface area contributed by atoms with Crippen molar-refractivity contribution in [2.75, 3.05) is 34.3 Å². The molecular formula is C16H24N2O2. The van der Waals surface area contributed by atoms with Crippen molar-refractivity contribution in [3.63, 3.8) is 0 Å². The SMILES string of the molecule is COc1cccc(/C=C/C(=O)NCCCCN(C)C)c1. The fraction of sp³-hybridized carbons (Fsp3) is 0.438. The summed E-state index contributed by atoms with van der Waals surface area (Å²) < 4.78 is 5.13. The molecule has 0 spiro atoms. The van der Waals surface area contributed by atoms with Gasteiger partial charge in [0.05, 0.1) is 7.11 Å². The van der Waals surface area contributed by atoms with Crippen LogP contribution < -0.4 is 10.1 Å². The first-order valence-electron chi connectivity index (χ1n) is 6.86. The molecule has 0 bridgehead atoms. The molecule has 0 saturated carbocycles. The zero-order valence-corrected chi connectivity index (χ0v) is 12.6. The van der Waals surface area contributed by atoms with Crippen LogP contribution in [0.25, 0.3) is 6.08 Å². The second-order valence-corrected chi connectivity index (χ2v) is 4.91. The van der Waals surface area contributed by atoms with E-state index in [-0.39, 0.29) is 5.91 Å². The van der Waals surface area contributed by atoms with Gasteiger partial charge in [0.15, 0.2) is 0 Å². The van der Waals surface area contributed by atoms with E-state index in [4.69, 9.17) is 4.74 Å². The van der Waals surface area contributed by atoms with Gasteiger partial charge in [-0.25, -0.2) is 0 Å². The van der Waals surface area contributed by atoms with E-state index in [9.17, 15) is 4.79 Å². The van der Waals surface area contributed by atoms with Crippen LogP contribution >= 0.6 is 0 Å². The fourth-order valence-electron chi connectivity index (χ4n) is 1.74. The van der Waals surface area contributed by atoms with Crippen molar-refractivity contribution in [2.45, 2.75) is 12.8 Å². The molecule has 1 rings (SSSR count). The van der Waals surface area contributed by atoms with E-state index in [1.807, 2.05) is 24.3 Å². The van der Waals surface area contributed by atoms with Crippen LogP contribution in [-0.4, -0.2) is 45.1 Å². The first kappa shape index (κ1) is 16.2. The molecule has 0 radical (unpaired) electrons. The van der Waals surface area contributed by atoms with Crippen molar-refractivity contribution in [3.8, 4) is 5.75 Å². The number of hydrogen-bond acceptors (Lipinski definition) is 3. The number of carbonyl (C=O) groups excluding carboxylic acids is 1. The Kier molecular flexibility index (Phi) is 7.43. The Hall–Kier alpha value is -1.81. The lowest BCUT2D eigenvalue weighted by atomic mass is 10.2. The maximum Gasteiger partial charge on any atom is 0.243 e. The number of rotatable bonds is 8. The lowest BCUT2D eigenvalue weighted by Crippen LogP contribution is -2.23. The summed E-state index contributed by atoms with van der Waals surface area (Å²) in [7, 11) is 5.73. The summed E-state index contributed by atoms with van der Waals surface area (Å²) in [6.45, 7) is 1.77. The van der Waals surface area contributed by atoms with Gasteiger partial charge in [0.1, 0.15) is 5.75 Å². The van der Waals surface area contributed by atoms with Crippen LogP contribution in [0.3, 0.4) is 0 Å². The highest BCUT2D eigenvalue weighted by molar-refractivity contribution is 5.91. The van der Waals surface area contributed by atoms with Gasteiger partial charge in [-0.3, -0.25) is 4.79 Å². The van der Waals surface area contributed by atoms with Gasteiger partial charge in [-0.05, 0) is 57.3 Å². The molecule has 0 aromatic heterocycles. The number of ether oxygens (including phenoxy) is 1. The predicted octanol–water partition coefficient (Wildman–Crippen LogP) is 2.17. The van der Waals surface area contributed by atoms with Crippen molar-refractivity contribution in [2.24, 2.45) is 0 Å². The van der Waals surface area contributed by atoms with E-state index in [2.05, 4.69) is 24.3 Å². The average molecular weight is 276 g/mol. The number of amides is 1. The molecule has 1 amide bonds. The molecule has 1 aromatic carbocycles. The second kappa shape index (κ2) is 9.15.